The second kappa shape index (κ2) is 11.3. The zero-order valence-corrected chi connectivity index (χ0v) is 18.5. The molecule has 1 atom stereocenters. The predicted molar refractivity (Wildman–Crippen MR) is 123 cm³/mol. The van der Waals surface area contributed by atoms with Crippen LogP contribution in [0.15, 0.2) is 61.2 Å². The Labute approximate surface area is 187 Å². The summed E-state index contributed by atoms with van der Waals surface area (Å²) in [4.78, 5) is 18.3. The number of carbonyl (C=O) groups excluding carboxylic acids is 1. The highest BCUT2D eigenvalue weighted by Gasteiger charge is 2.15. The Morgan fingerprint density at radius 2 is 2.03 bits per heavy atom. The molecule has 2 aromatic carbocycles. The molecule has 1 heterocycles. The Balaban J connectivity index is 1.39. The first-order valence-corrected chi connectivity index (χ1v) is 11.2. The number of aromatic nitrogens is 3. The number of rotatable bonds is 10. The van der Waals surface area contributed by atoms with Crippen LogP contribution in [-0.4, -0.2) is 51.5 Å². The Kier molecular flexibility index (Phi) is 8.21. The molecule has 0 aliphatic rings. The molecule has 1 amide bonds. The largest absolute Gasteiger partial charge is 0.354 e. The third-order valence-corrected chi connectivity index (χ3v) is 6.08. The summed E-state index contributed by atoms with van der Waals surface area (Å²) < 4.78 is 1.71. The highest BCUT2D eigenvalue weighted by Crippen LogP contribution is 2.20. The lowest BCUT2D eigenvalue weighted by Crippen LogP contribution is -2.37. The van der Waals surface area contributed by atoms with E-state index in [0.29, 0.717) is 18.7 Å². The van der Waals surface area contributed by atoms with Crippen LogP contribution < -0.4 is 5.32 Å². The van der Waals surface area contributed by atoms with Crippen LogP contribution in [0.4, 0.5) is 0 Å². The van der Waals surface area contributed by atoms with Crippen LogP contribution in [0, 0.1) is 11.3 Å². The molecule has 0 spiro atoms. The van der Waals surface area contributed by atoms with Gasteiger partial charge in [0.05, 0.1) is 23.9 Å². The second-order valence-corrected chi connectivity index (χ2v) is 8.30. The highest BCUT2D eigenvalue weighted by molar-refractivity contribution is 7.98. The molecule has 7 nitrogen and oxygen atoms in total. The lowest BCUT2D eigenvalue weighted by molar-refractivity contribution is -0.122. The molecule has 3 aromatic rings. The van der Waals surface area contributed by atoms with Crippen LogP contribution in [0.5, 0.6) is 0 Å². The third-order valence-electron chi connectivity index (χ3n) is 5.08. The van der Waals surface area contributed by atoms with Gasteiger partial charge < -0.3 is 5.32 Å². The van der Waals surface area contributed by atoms with Gasteiger partial charge in [-0.15, -0.1) is 0 Å². The van der Waals surface area contributed by atoms with E-state index in [1.807, 2.05) is 60.5 Å². The molecule has 0 aliphatic carbocycles. The maximum Gasteiger partial charge on any atom is 0.234 e. The van der Waals surface area contributed by atoms with Gasteiger partial charge in [0.2, 0.25) is 5.91 Å². The van der Waals surface area contributed by atoms with Gasteiger partial charge in [0.1, 0.15) is 12.7 Å². The number of nitrogens with zero attached hydrogens (tertiary/aromatic N) is 5. The molecule has 1 aromatic heterocycles. The fourth-order valence-corrected chi connectivity index (χ4v) is 3.98. The lowest BCUT2D eigenvalue weighted by atomic mass is 10.1. The zero-order valence-electron chi connectivity index (χ0n) is 17.7. The molecule has 0 radical (unpaired) electrons. The van der Waals surface area contributed by atoms with E-state index in [4.69, 9.17) is 5.26 Å². The van der Waals surface area contributed by atoms with Crippen molar-refractivity contribution in [2.75, 3.05) is 25.9 Å². The summed E-state index contributed by atoms with van der Waals surface area (Å²) >= 11 is 1.71. The molecule has 8 heteroatoms. The average Bonchev–Trinajstić information content (AvgIpc) is 3.33. The summed E-state index contributed by atoms with van der Waals surface area (Å²) in [5.74, 6) is 1.57. The summed E-state index contributed by atoms with van der Waals surface area (Å²) in [6, 6.07) is 18.0. The fourth-order valence-electron chi connectivity index (χ4n) is 3.12. The number of nitrogens with one attached hydrogen (secondary N) is 1. The van der Waals surface area contributed by atoms with Crippen LogP contribution in [0.3, 0.4) is 0 Å². The molecule has 0 fully saturated rings. The summed E-state index contributed by atoms with van der Waals surface area (Å²) in [6.45, 7) is 3.02. The molecule has 3 rings (SSSR count). The summed E-state index contributed by atoms with van der Waals surface area (Å²) in [7, 11) is 1.95. The van der Waals surface area contributed by atoms with E-state index in [-0.39, 0.29) is 11.9 Å². The number of hydrogen-bond donors (Lipinski definition) is 1. The number of hydrogen-bond acceptors (Lipinski definition) is 6. The van der Waals surface area contributed by atoms with Gasteiger partial charge in [-0.05, 0) is 43.3 Å². The van der Waals surface area contributed by atoms with Crippen molar-refractivity contribution < 1.29 is 4.79 Å². The molecular formula is C23H26N6OS. The van der Waals surface area contributed by atoms with Crippen LogP contribution >= 0.6 is 11.8 Å². The minimum atomic E-state index is 0.00612. The first-order chi connectivity index (χ1) is 15.1. The maximum absolute atomic E-state index is 12.3. The van der Waals surface area contributed by atoms with Gasteiger partial charge in [-0.25, -0.2) is 9.67 Å². The SMILES string of the molecule is C[C@@H](c1ccc(-n2cncn2)cc1)N(C)CC(=O)NCCSCc1ccccc1C#N. The van der Waals surface area contributed by atoms with Gasteiger partial charge in [-0.3, -0.25) is 9.69 Å². The van der Waals surface area contributed by atoms with Gasteiger partial charge in [0, 0.05) is 24.1 Å². The van der Waals surface area contributed by atoms with Crippen LogP contribution in [0.2, 0.25) is 0 Å². The van der Waals surface area contributed by atoms with E-state index in [1.165, 1.54) is 6.33 Å². The molecule has 0 unspecified atom stereocenters. The first-order valence-electron chi connectivity index (χ1n) is 10.1. The Hall–Kier alpha value is -3.15. The standard InChI is InChI=1S/C23H26N6OS/c1-18(19-7-9-22(10-8-19)29-17-25-16-27-29)28(2)14-23(30)26-11-12-31-15-21-6-4-3-5-20(21)13-24/h3-10,16-18H,11-12,14-15H2,1-2H3,(H,26,30)/t18-/m0/s1. The van der Waals surface area contributed by atoms with E-state index in [9.17, 15) is 4.79 Å². The minimum absolute atomic E-state index is 0.00612. The quantitative estimate of drug-likeness (QED) is 0.493. The van der Waals surface area contributed by atoms with Crippen molar-refractivity contribution in [3.05, 3.63) is 77.9 Å². The number of carbonyl (C=O) groups is 1. The number of benzene rings is 2. The van der Waals surface area contributed by atoms with Crippen LogP contribution in [0.1, 0.15) is 29.7 Å². The Morgan fingerprint density at radius 3 is 2.74 bits per heavy atom. The summed E-state index contributed by atoms with van der Waals surface area (Å²) in [6.07, 6.45) is 3.17. The van der Waals surface area contributed by atoms with Gasteiger partial charge in [0.25, 0.3) is 0 Å². The maximum atomic E-state index is 12.3. The monoisotopic (exact) mass is 434 g/mol. The molecule has 31 heavy (non-hydrogen) atoms. The van der Waals surface area contributed by atoms with Crippen molar-refractivity contribution in [2.24, 2.45) is 0 Å². The minimum Gasteiger partial charge on any atom is -0.354 e. The summed E-state index contributed by atoms with van der Waals surface area (Å²) in [5, 5.41) is 16.2. The van der Waals surface area contributed by atoms with Gasteiger partial charge >= 0.3 is 0 Å². The fraction of sp³-hybridized carbons (Fsp3) is 0.304. The molecule has 0 saturated heterocycles. The number of nitriles is 1. The van der Waals surface area contributed by atoms with Crippen molar-refractivity contribution in [3.63, 3.8) is 0 Å². The van der Waals surface area contributed by atoms with E-state index in [1.54, 1.807) is 22.8 Å². The zero-order chi connectivity index (χ0) is 22.1. The van der Waals surface area contributed by atoms with E-state index in [2.05, 4.69) is 28.4 Å². The Bertz CT molecular complexity index is 1010. The van der Waals surface area contributed by atoms with Crippen molar-refractivity contribution in [3.8, 4) is 11.8 Å². The van der Waals surface area contributed by atoms with Gasteiger partial charge in [0.15, 0.2) is 0 Å². The lowest BCUT2D eigenvalue weighted by Gasteiger charge is -2.24. The third kappa shape index (κ3) is 6.41. The van der Waals surface area contributed by atoms with Gasteiger partial charge in [-0.2, -0.15) is 22.1 Å². The Morgan fingerprint density at radius 1 is 1.26 bits per heavy atom. The molecular weight excluding hydrogens is 408 g/mol. The van der Waals surface area contributed by atoms with Crippen molar-refractivity contribution >= 4 is 17.7 Å². The highest BCUT2D eigenvalue weighted by atomic mass is 32.2. The first kappa shape index (κ1) is 22.5. The van der Waals surface area contributed by atoms with E-state index < -0.39 is 0 Å². The van der Waals surface area contributed by atoms with E-state index in [0.717, 1.165) is 28.3 Å². The second-order valence-electron chi connectivity index (χ2n) is 7.19. The van der Waals surface area contributed by atoms with Crippen LogP contribution in [-0.2, 0) is 10.5 Å². The van der Waals surface area contributed by atoms with Crippen molar-refractivity contribution in [2.45, 2.75) is 18.7 Å². The summed E-state index contributed by atoms with van der Waals surface area (Å²) in [5.41, 5.74) is 3.82. The molecule has 160 valence electrons. The molecule has 0 aliphatic heterocycles. The average molecular weight is 435 g/mol. The number of thioether (sulfide) groups is 1. The normalized spacial score (nSPS) is 11.8. The van der Waals surface area contributed by atoms with Crippen molar-refractivity contribution in [1.29, 1.82) is 5.26 Å². The number of amides is 1. The molecule has 0 bridgehead atoms. The smallest absolute Gasteiger partial charge is 0.234 e. The van der Waals surface area contributed by atoms with Crippen molar-refractivity contribution in [1.82, 2.24) is 25.0 Å². The number of likely N-dealkylation sites (N-methyl/N-ethyl adjacent to an activating group) is 1. The van der Waals surface area contributed by atoms with Crippen LogP contribution in [0.25, 0.3) is 5.69 Å². The predicted octanol–water partition coefficient (Wildman–Crippen LogP) is 3.18. The molecule has 0 saturated carbocycles. The van der Waals surface area contributed by atoms with Gasteiger partial charge in [-0.1, -0.05) is 30.3 Å². The molecule has 1 N–H and O–H groups in total. The van der Waals surface area contributed by atoms with E-state index >= 15 is 0 Å². The topological polar surface area (TPSA) is 86.8 Å².